The number of hydrogen-bond acceptors (Lipinski definition) is 4. The van der Waals surface area contributed by atoms with Gasteiger partial charge in [-0.3, -0.25) is 9.58 Å². The van der Waals surface area contributed by atoms with Crippen LogP contribution in [0, 0.1) is 12.8 Å². The molecule has 0 N–H and O–H groups in total. The molecule has 0 bridgehead atoms. The summed E-state index contributed by atoms with van der Waals surface area (Å²) >= 11 is 0. The minimum absolute atomic E-state index is 0.00983. The van der Waals surface area contributed by atoms with Crippen molar-refractivity contribution in [3.63, 3.8) is 0 Å². The lowest BCUT2D eigenvalue weighted by Gasteiger charge is -2.46. The third-order valence-corrected chi connectivity index (χ3v) is 7.89. The molecule has 7 nitrogen and oxygen atoms in total. The van der Waals surface area contributed by atoms with Crippen LogP contribution in [0.25, 0.3) is 0 Å². The van der Waals surface area contributed by atoms with Crippen molar-refractivity contribution in [3.8, 4) is 0 Å². The Bertz CT molecular complexity index is 760. The highest BCUT2D eigenvalue weighted by molar-refractivity contribution is 5.78. The van der Waals surface area contributed by atoms with Gasteiger partial charge < -0.3 is 14.5 Å². The number of nitrogens with zero attached hydrogens (tertiary/aromatic N) is 5. The summed E-state index contributed by atoms with van der Waals surface area (Å²) in [5, 5.41) is 4.50. The Morgan fingerprint density at radius 1 is 1.17 bits per heavy atom. The van der Waals surface area contributed by atoms with Crippen LogP contribution in [0.4, 0.5) is 4.79 Å². The van der Waals surface area contributed by atoms with Crippen LogP contribution in [0.1, 0.15) is 56.7 Å². The first-order valence-corrected chi connectivity index (χ1v) is 12.0. The summed E-state index contributed by atoms with van der Waals surface area (Å²) in [4.78, 5) is 20.5. The molecule has 1 saturated carbocycles. The summed E-state index contributed by atoms with van der Waals surface area (Å²) in [5.41, 5.74) is 2.63. The lowest BCUT2D eigenvalue weighted by molar-refractivity contribution is -0.0167. The number of likely N-dealkylation sites (tertiary alicyclic amines) is 1. The maximum Gasteiger partial charge on any atom is 0.320 e. The Labute approximate surface area is 180 Å². The second kappa shape index (κ2) is 8.15. The molecule has 0 atom stereocenters. The molecule has 5 rings (SSSR count). The van der Waals surface area contributed by atoms with Gasteiger partial charge in [0.2, 0.25) is 0 Å². The van der Waals surface area contributed by atoms with Gasteiger partial charge in [0.25, 0.3) is 0 Å². The third kappa shape index (κ3) is 3.75. The second-order valence-corrected chi connectivity index (χ2v) is 9.89. The quantitative estimate of drug-likeness (QED) is 0.717. The maximum atomic E-state index is 13.5. The Morgan fingerprint density at radius 2 is 1.90 bits per heavy atom. The zero-order valence-corrected chi connectivity index (χ0v) is 18.7. The van der Waals surface area contributed by atoms with Gasteiger partial charge in [-0.15, -0.1) is 0 Å². The zero-order chi connectivity index (χ0) is 20.7. The molecule has 166 valence electrons. The SMILES string of the molecule is CCn1ncc(CN2CCC(N3C(=O)N(CC4CC4)CC34CCOCC4)CC2)c1C. The van der Waals surface area contributed by atoms with Crippen LogP contribution in [0.3, 0.4) is 0 Å². The molecule has 4 heterocycles. The highest BCUT2D eigenvalue weighted by atomic mass is 16.5. The number of carbonyl (C=O) groups is 1. The van der Waals surface area contributed by atoms with Crippen molar-refractivity contribution < 1.29 is 9.53 Å². The number of piperidine rings is 1. The molecule has 1 aromatic heterocycles. The molecular formula is C23H37N5O2. The summed E-state index contributed by atoms with van der Waals surface area (Å²) in [6, 6.07) is 0.679. The summed E-state index contributed by atoms with van der Waals surface area (Å²) in [6.07, 6.45) is 8.77. The van der Waals surface area contributed by atoms with Crippen molar-refractivity contribution in [1.82, 2.24) is 24.5 Å². The van der Waals surface area contributed by atoms with Crippen LogP contribution >= 0.6 is 0 Å². The van der Waals surface area contributed by atoms with E-state index in [4.69, 9.17) is 4.74 Å². The van der Waals surface area contributed by atoms with Crippen LogP contribution in [-0.4, -0.2) is 81.5 Å². The van der Waals surface area contributed by atoms with Gasteiger partial charge in [-0.1, -0.05) is 0 Å². The highest BCUT2D eigenvalue weighted by Gasteiger charge is 2.53. The largest absolute Gasteiger partial charge is 0.381 e. The molecule has 7 heteroatoms. The van der Waals surface area contributed by atoms with Crippen molar-refractivity contribution in [1.29, 1.82) is 0 Å². The van der Waals surface area contributed by atoms with Crippen LogP contribution in [0.5, 0.6) is 0 Å². The summed E-state index contributed by atoms with van der Waals surface area (Å²) in [5.74, 6) is 0.750. The normalized spacial score (nSPS) is 25.6. The molecule has 0 aromatic carbocycles. The first kappa shape index (κ1) is 20.3. The number of hydrogen-bond donors (Lipinski definition) is 0. The molecule has 2 amide bonds. The molecule has 0 radical (unpaired) electrons. The number of aromatic nitrogens is 2. The fraction of sp³-hybridized carbons (Fsp3) is 0.826. The molecule has 3 saturated heterocycles. The van der Waals surface area contributed by atoms with E-state index in [1.54, 1.807) is 0 Å². The molecule has 4 fully saturated rings. The van der Waals surface area contributed by atoms with Crippen LogP contribution in [0.15, 0.2) is 6.20 Å². The van der Waals surface area contributed by atoms with E-state index in [0.717, 1.165) is 84.1 Å². The van der Waals surface area contributed by atoms with Crippen molar-refractivity contribution in [2.24, 2.45) is 5.92 Å². The Morgan fingerprint density at radius 3 is 2.53 bits per heavy atom. The van der Waals surface area contributed by atoms with Crippen molar-refractivity contribution in [3.05, 3.63) is 17.5 Å². The van der Waals surface area contributed by atoms with Crippen LogP contribution < -0.4 is 0 Å². The van der Waals surface area contributed by atoms with Gasteiger partial charge in [-0.2, -0.15) is 5.10 Å². The number of ether oxygens (including phenoxy) is 1. The van der Waals surface area contributed by atoms with Crippen molar-refractivity contribution in [2.75, 3.05) is 39.4 Å². The van der Waals surface area contributed by atoms with Gasteiger partial charge in [-0.05, 0) is 58.3 Å². The van der Waals surface area contributed by atoms with Crippen LogP contribution in [0.2, 0.25) is 0 Å². The predicted molar refractivity (Wildman–Crippen MR) is 115 cm³/mol. The average Bonchev–Trinajstić information content (AvgIpc) is 3.46. The van der Waals surface area contributed by atoms with E-state index < -0.39 is 0 Å². The smallest absolute Gasteiger partial charge is 0.320 e. The molecule has 30 heavy (non-hydrogen) atoms. The lowest BCUT2D eigenvalue weighted by Crippen LogP contribution is -2.57. The highest BCUT2D eigenvalue weighted by Crippen LogP contribution is 2.41. The van der Waals surface area contributed by atoms with Gasteiger partial charge in [0, 0.05) is 69.8 Å². The number of urea groups is 1. The summed E-state index contributed by atoms with van der Waals surface area (Å²) in [6.45, 7) is 11.8. The average molecular weight is 416 g/mol. The molecule has 1 spiro atoms. The number of carbonyl (C=O) groups excluding carboxylic acids is 1. The van der Waals surface area contributed by atoms with Gasteiger partial charge in [0.15, 0.2) is 0 Å². The first-order chi connectivity index (χ1) is 14.6. The number of aryl methyl sites for hydroxylation is 1. The molecule has 0 unspecified atom stereocenters. The minimum atomic E-state index is 0.00983. The molecule has 4 aliphatic rings. The van der Waals surface area contributed by atoms with E-state index in [0.29, 0.717) is 12.1 Å². The van der Waals surface area contributed by atoms with E-state index >= 15 is 0 Å². The zero-order valence-electron chi connectivity index (χ0n) is 18.7. The van der Waals surface area contributed by atoms with Crippen LogP contribution in [-0.2, 0) is 17.8 Å². The van der Waals surface area contributed by atoms with E-state index in [9.17, 15) is 4.79 Å². The van der Waals surface area contributed by atoms with Gasteiger partial charge in [0.1, 0.15) is 0 Å². The summed E-state index contributed by atoms with van der Waals surface area (Å²) in [7, 11) is 0. The Balaban J connectivity index is 1.25. The van der Waals surface area contributed by atoms with Crippen molar-refractivity contribution >= 4 is 6.03 Å². The van der Waals surface area contributed by atoms with E-state index in [1.807, 2.05) is 6.20 Å². The monoisotopic (exact) mass is 415 g/mol. The third-order valence-electron chi connectivity index (χ3n) is 7.89. The topological polar surface area (TPSA) is 53.8 Å². The van der Waals surface area contributed by atoms with Gasteiger partial charge >= 0.3 is 6.03 Å². The first-order valence-electron chi connectivity index (χ1n) is 12.0. The van der Waals surface area contributed by atoms with E-state index in [-0.39, 0.29) is 5.54 Å². The molecule has 3 aliphatic heterocycles. The molecule has 1 aromatic rings. The maximum absolute atomic E-state index is 13.5. The molecule has 1 aliphatic carbocycles. The number of amides is 2. The second-order valence-electron chi connectivity index (χ2n) is 9.89. The Kier molecular flexibility index (Phi) is 5.52. The van der Waals surface area contributed by atoms with E-state index in [2.05, 4.69) is 38.3 Å². The minimum Gasteiger partial charge on any atom is -0.381 e. The van der Waals surface area contributed by atoms with Crippen molar-refractivity contribution in [2.45, 2.75) is 77.0 Å². The van der Waals surface area contributed by atoms with E-state index in [1.165, 1.54) is 24.1 Å². The van der Waals surface area contributed by atoms with Gasteiger partial charge in [-0.25, -0.2) is 4.79 Å². The number of rotatable bonds is 6. The predicted octanol–water partition coefficient (Wildman–Crippen LogP) is 2.87. The standard InChI is InChI=1S/C23H37N5O2/c1-3-27-18(2)20(14-24-27)16-25-10-6-21(7-11-25)28-22(29)26(15-19-4-5-19)17-23(28)8-12-30-13-9-23/h14,19,21H,3-13,15-17H2,1-2H3. The fourth-order valence-electron chi connectivity index (χ4n) is 5.84. The molecular weight excluding hydrogens is 378 g/mol. The van der Waals surface area contributed by atoms with Gasteiger partial charge in [0.05, 0.1) is 11.7 Å². The Hall–Kier alpha value is -1.60. The lowest BCUT2D eigenvalue weighted by atomic mass is 9.86. The fourth-order valence-corrected chi connectivity index (χ4v) is 5.84. The summed E-state index contributed by atoms with van der Waals surface area (Å²) < 4.78 is 7.77.